The lowest BCUT2D eigenvalue weighted by Gasteiger charge is -2.08. The summed E-state index contributed by atoms with van der Waals surface area (Å²) in [7, 11) is 1.63. The number of aliphatic hydroxyl groups is 1. The molecule has 0 aliphatic heterocycles. The van der Waals surface area contributed by atoms with Gasteiger partial charge in [0.05, 0.1) is 11.8 Å². The highest BCUT2D eigenvalue weighted by atomic mass is 35.5. The third-order valence-electron chi connectivity index (χ3n) is 2.53. The molecule has 1 N–H and O–H groups in total. The number of hydrogen-bond acceptors (Lipinski definition) is 4. The van der Waals surface area contributed by atoms with Crippen molar-refractivity contribution in [2.45, 2.75) is 13.3 Å². The third-order valence-corrected chi connectivity index (χ3v) is 3.88. The van der Waals surface area contributed by atoms with Crippen molar-refractivity contribution in [3.63, 3.8) is 0 Å². The number of ether oxygens (including phenoxy) is 1. The highest BCUT2D eigenvalue weighted by Gasteiger charge is 2.15. The van der Waals surface area contributed by atoms with Crippen molar-refractivity contribution in [2.24, 2.45) is 0 Å². The first-order valence-corrected chi connectivity index (χ1v) is 6.15. The average Bonchev–Trinajstić information content (AvgIpc) is 2.68. The molecule has 2 aromatic heterocycles. The van der Waals surface area contributed by atoms with Crippen LogP contribution in [-0.4, -0.2) is 23.8 Å². The van der Waals surface area contributed by atoms with Crippen molar-refractivity contribution in [3.8, 4) is 5.75 Å². The molecular weight excluding hydrogens is 246 g/mol. The van der Waals surface area contributed by atoms with Crippen LogP contribution < -0.4 is 4.74 Å². The Hall–Kier alpha value is -0.840. The van der Waals surface area contributed by atoms with Gasteiger partial charge in [0.25, 0.3) is 0 Å². The number of pyridine rings is 1. The molecule has 0 fully saturated rings. The zero-order valence-corrected chi connectivity index (χ0v) is 10.7. The first-order valence-electron chi connectivity index (χ1n) is 4.90. The second-order valence-corrected chi connectivity index (χ2v) is 4.69. The van der Waals surface area contributed by atoms with Crippen LogP contribution in [0.15, 0.2) is 5.38 Å². The highest BCUT2D eigenvalue weighted by molar-refractivity contribution is 7.18. The summed E-state index contributed by atoms with van der Waals surface area (Å²) in [5, 5.41) is 12.5. The van der Waals surface area contributed by atoms with Gasteiger partial charge < -0.3 is 9.84 Å². The van der Waals surface area contributed by atoms with Crippen LogP contribution in [0.2, 0.25) is 5.15 Å². The molecule has 0 unspecified atom stereocenters. The smallest absolute Gasteiger partial charge is 0.147 e. The number of thiophene rings is 1. The van der Waals surface area contributed by atoms with E-state index in [0.29, 0.717) is 11.6 Å². The van der Waals surface area contributed by atoms with E-state index in [0.717, 1.165) is 27.1 Å². The Morgan fingerprint density at radius 2 is 2.31 bits per heavy atom. The summed E-state index contributed by atoms with van der Waals surface area (Å²) in [6.07, 6.45) is 0.569. The van der Waals surface area contributed by atoms with Gasteiger partial charge >= 0.3 is 0 Å². The van der Waals surface area contributed by atoms with E-state index < -0.39 is 0 Å². The van der Waals surface area contributed by atoms with E-state index in [-0.39, 0.29) is 6.61 Å². The quantitative estimate of drug-likeness (QED) is 0.860. The maximum Gasteiger partial charge on any atom is 0.147 e. The fraction of sp³-hybridized carbons (Fsp3) is 0.364. The van der Waals surface area contributed by atoms with Crippen LogP contribution >= 0.6 is 22.9 Å². The van der Waals surface area contributed by atoms with E-state index in [4.69, 9.17) is 21.4 Å². The van der Waals surface area contributed by atoms with Crippen molar-refractivity contribution in [1.82, 2.24) is 4.98 Å². The molecule has 86 valence electrons. The summed E-state index contributed by atoms with van der Waals surface area (Å²) in [5.74, 6) is 0.802. The second-order valence-electron chi connectivity index (χ2n) is 3.45. The summed E-state index contributed by atoms with van der Waals surface area (Å²) < 4.78 is 6.23. The summed E-state index contributed by atoms with van der Waals surface area (Å²) in [6, 6.07) is 0. The van der Waals surface area contributed by atoms with Crippen molar-refractivity contribution in [2.75, 3.05) is 13.7 Å². The Balaban J connectivity index is 2.78. The topological polar surface area (TPSA) is 42.4 Å². The molecule has 2 rings (SSSR count). The van der Waals surface area contributed by atoms with E-state index in [2.05, 4.69) is 4.98 Å². The molecular formula is C11H12ClNO2S. The summed E-state index contributed by atoms with van der Waals surface area (Å²) in [5.41, 5.74) is 1.86. The van der Waals surface area contributed by atoms with E-state index in [1.165, 1.54) is 11.3 Å². The number of methoxy groups -OCH3 is 1. The highest BCUT2D eigenvalue weighted by Crippen LogP contribution is 2.39. The lowest BCUT2D eigenvalue weighted by atomic mass is 10.1. The molecule has 0 bridgehead atoms. The maximum absolute atomic E-state index is 9.08. The number of aromatic nitrogens is 1. The molecule has 0 aliphatic rings. The number of hydrogen-bond donors (Lipinski definition) is 1. The van der Waals surface area contributed by atoms with E-state index >= 15 is 0 Å². The van der Waals surface area contributed by atoms with Gasteiger partial charge in [0.1, 0.15) is 10.9 Å². The lowest BCUT2D eigenvalue weighted by molar-refractivity contribution is 0.299. The second kappa shape index (κ2) is 4.57. The van der Waals surface area contributed by atoms with Crippen LogP contribution in [0.5, 0.6) is 5.75 Å². The summed E-state index contributed by atoms with van der Waals surface area (Å²) >= 11 is 7.60. The molecule has 2 heterocycles. The molecule has 0 aromatic carbocycles. The van der Waals surface area contributed by atoms with Crippen molar-refractivity contribution < 1.29 is 9.84 Å². The molecule has 0 saturated carbocycles. The van der Waals surface area contributed by atoms with Crippen molar-refractivity contribution >= 4 is 33.0 Å². The fourth-order valence-electron chi connectivity index (χ4n) is 1.79. The molecule has 0 amide bonds. The lowest BCUT2D eigenvalue weighted by Crippen LogP contribution is -1.98. The minimum atomic E-state index is 0.0955. The standard InChI is InChI=1S/C11H12ClNO2S/c1-6-7(3-4-14)9-8(15-2)5-16-10(9)11(12)13-6/h5,14H,3-4H2,1-2H3. The zero-order chi connectivity index (χ0) is 11.7. The first-order chi connectivity index (χ1) is 7.69. The molecule has 0 radical (unpaired) electrons. The molecule has 0 saturated heterocycles. The van der Waals surface area contributed by atoms with Gasteiger partial charge in [-0.15, -0.1) is 11.3 Å². The Bertz CT molecular complexity index is 524. The van der Waals surface area contributed by atoms with Gasteiger partial charge in [-0.2, -0.15) is 0 Å². The van der Waals surface area contributed by atoms with Gasteiger partial charge in [-0.1, -0.05) is 11.6 Å². The van der Waals surface area contributed by atoms with Crippen LogP contribution in [-0.2, 0) is 6.42 Å². The van der Waals surface area contributed by atoms with Crippen LogP contribution in [0.3, 0.4) is 0 Å². The monoisotopic (exact) mass is 257 g/mol. The Kier molecular flexibility index (Phi) is 3.33. The largest absolute Gasteiger partial charge is 0.495 e. The number of fused-ring (bicyclic) bond motifs is 1. The van der Waals surface area contributed by atoms with Crippen LogP contribution in [0.4, 0.5) is 0 Å². The van der Waals surface area contributed by atoms with Crippen LogP contribution in [0, 0.1) is 6.92 Å². The predicted octanol–water partition coefficient (Wildman–Crippen LogP) is 2.80. The van der Waals surface area contributed by atoms with Crippen molar-refractivity contribution in [1.29, 1.82) is 0 Å². The van der Waals surface area contributed by atoms with E-state index in [1.807, 2.05) is 12.3 Å². The Labute approximate surface area is 103 Å². The molecule has 0 atom stereocenters. The van der Waals surface area contributed by atoms with E-state index in [1.54, 1.807) is 7.11 Å². The molecule has 16 heavy (non-hydrogen) atoms. The van der Waals surface area contributed by atoms with Gasteiger partial charge in [-0.3, -0.25) is 0 Å². The van der Waals surface area contributed by atoms with Crippen LogP contribution in [0.25, 0.3) is 10.1 Å². The molecule has 0 spiro atoms. The molecule has 0 aliphatic carbocycles. The predicted molar refractivity (Wildman–Crippen MR) is 66.7 cm³/mol. The third kappa shape index (κ3) is 1.77. The van der Waals surface area contributed by atoms with Gasteiger partial charge in [-0.25, -0.2) is 4.98 Å². The Morgan fingerprint density at radius 1 is 1.56 bits per heavy atom. The number of rotatable bonds is 3. The van der Waals surface area contributed by atoms with Crippen LogP contribution in [0.1, 0.15) is 11.3 Å². The number of nitrogens with zero attached hydrogens (tertiary/aromatic N) is 1. The summed E-state index contributed by atoms with van der Waals surface area (Å²) in [4.78, 5) is 4.28. The Morgan fingerprint density at radius 3 is 2.94 bits per heavy atom. The summed E-state index contributed by atoms with van der Waals surface area (Å²) in [6.45, 7) is 1.99. The van der Waals surface area contributed by atoms with E-state index in [9.17, 15) is 0 Å². The number of aliphatic hydroxyl groups excluding tert-OH is 1. The molecule has 2 aromatic rings. The van der Waals surface area contributed by atoms with Gasteiger partial charge in [0.15, 0.2) is 0 Å². The minimum Gasteiger partial charge on any atom is -0.495 e. The number of aryl methyl sites for hydroxylation is 1. The maximum atomic E-state index is 9.08. The first kappa shape index (κ1) is 11.6. The zero-order valence-electron chi connectivity index (χ0n) is 9.08. The number of halogens is 1. The van der Waals surface area contributed by atoms with Gasteiger partial charge in [0, 0.05) is 23.1 Å². The fourth-order valence-corrected chi connectivity index (χ4v) is 3.07. The SMILES string of the molecule is COc1csc2c(Cl)nc(C)c(CCO)c12. The van der Waals surface area contributed by atoms with Gasteiger partial charge in [-0.05, 0) is 18.9 Å². The minimum absolute atomic E-state index is 0.0955. The normalized spacial score (nSPS) is 11.0. The van der Waals surface area contributed by atoms with Gasteiger partial charge in [0.2, 0.25) is 0 Å². The molecule has 5 heteroatoms. The molecule has 3 nitrogen and oxygen atoms in total. The van der Waals surface area contributed by atoms with Crippen molar-refractivity contribution in [3.05, 3.63) is 21.8 Å². The average molecular weight is 258 g/mol.